The molecule has 1 rings (SSSR count). The van der Waals surface area contributed by atoms with Crippen LogP contribution < -0.4 is 0 Å². The molecule has 1 unspecified atom stereocenters. The van der Waals surface area contributed by atoms with Crippen molar-refractivity contribution < 1.29 is 4.74 Å². The second kappa shape index (κ2) is 16.0. The maximum absolute atomic E-state index is 5.64. The zero-order chi connectivity index (χ0) is 14.3. The molecule has 0 saturated heterocycles. The van der Waals surface area contributed by atoms with Gasteiger partial charge in [0.25, 0.3) is 0 Å². The van der Waals surface area contributed by atoms with E-state index in [9.17, 15) is 0 Å². The summed E-state index contributed by atoms with van der Waals surface area (Å²) in [7, 11) is 0. The normalized spacial score (nSPS) is 17.6. The van der Waals surface area contributed by atoms with Crippen LogP contribution in [0.1, 0.15) is 46.5 Å². The third-order valence-corrected chi connectivity index (χ3v) is 2.78. The first-order valence-electron chi connectivity index (χ1n) is 7.47. The first-order valence-corrected chi connectivity index (χ1v) is 7.47. The summed E-state index contributed by atoms with van der Waals surface area (Å²) in [4.78, 5) is 0. The SMILES string of the molecule is C=C/C(=C\C=C/C)COCCC1C=CCC1.CCC.[B]. The molecule has 1 aliphatic carbocycles. The maximum Gasteiger partial charge on any atom is 0.0716 e. The summed E-state index contributed by atoms with van der Waals surface area (Å²) in [5, 5.41) is 0. The van der Waals surface area contributed by atoms with Gasteiger partial charge in [0.2, 0.25) is 0 Å². The van der Waals surface area contributed by atoms with Gasteiger partial charge in [-0.2, -0.15) is 0 Å². The molecule has 0 bridgehead atoms. The van der Waals surface area contributed by atoms with E-state index in [1.807, 2.05) is 31.2 Å². The van der Waals surface area contributed by atoms with Crippen molar-refractivity contribution in [2.75, 3.05) is 13.2 Å². The van der Waals surface area contributed by atoms with Crippen LogP contribution in [0.4, 0.5) is 0 Å². The molecule has 3 radical (unpaired) electrons. The van der Waals surface area contributed by atoms with E-state index in [0.717, 1.165) is 24.5 Å². The summed E-state index contributed by atoms with van der Waals surface area (Å²) >= 11 is 0. The van der Waals surface area contributed by atoms with Gasteiger partial charge in [0.1, 0.15) is 0 Å². The van der Waals surface area contributed by atoms with Gasteiger partial charge in [-0.1, -0.05) is 63.3 Å². The fraction of sp³-hybridized carbons (Fsp3) is 0.556. The van der Waals surface area contributed by atoms with E-state index in [4.69, 9.17) is 4.74 Å². The number of rotatable bonds is 7. The summed E-state index contributed by atoms with van der Waals surface area (Å²) in [6.45, 7) is 11.5. The topological polar surface area (TPSA) is 9.23 Å². The van der Waals surface area contributed by atoms with Crippen LogP contribution in [0, 0.1) is 5.92 Å². The lowest BCUT2D eigenvalue weighted by atomic mass is 10.1. The van der Waals surface area contributed by atoms with E-state index in [0.29, 0.717) is 6.61 Å². The van der Waals surface area contributed by atoms with Crippen molar-refractivity contribution in [1.82, 2.24) is 0 Å². The highest BCUT2D eigenvalue weighted by Crippen LogP contribution is 2.20. The molecule has 20 heavy (non-hydrogen) atoms. The van der Waals surface area contributed by atoms with Crippen LogP contribution in [0.2, 0.25) is 0 Å². The second-order valence-electron chi connectivity index (χ2n) is 4.79. The molecule has 0 amide bonds. The van der Waals surface area contributed by atoms with E-state index in [1.165, 1.54) is 19.3 Å². The van der Waals surface area contributed by atoms with Gasteiger partial charge in [-0.3, -0.25) is 0 Å². The number of hydrogen-bond donors (Lipinski definition) is 0. The molecule has 111 valence electrons. The fourth-order valence-corrected chi connectivity index (χ4v) is 1.76. The Kier molecular flexibility index (Phi) is 17.1. The molecule has 0 N–H and O–H groups in total. The minimum atomic E-state index is 0. The molecule has 1 atom stereocenters. The van der Waals surface area contributed by atoms with E-state index in [2.05, 4.69) is 32.6 Å². The molecule has 0 aromatic carbocycles. The Morgan fingerprint density at radius 2 is 2.10 bits per heavy atom. The van der Waals surface area contributed by atoms with Crippen LogP contribution in [0.25, 0.3) is 0 Å². The Morgan fingerprint density at radius 1 is 1.40 bits per heavy atom. The molecular weight excluding hydrogens is 243 g/mol. The van der Waals surface area contributed by atoms with E-state index in [-0.39, 0.29) is 8.41 Å². The van der Waals surface area contributed by atoms with Crippen LogP contribution in [0.3, 0.4) is 0 Å². The Labute approximate surface area is 128 Å². The highest BCUT2D eigenvalue weighted by Gasteiger charge is 2.08. The van der Waals surface area contributed by atoms with Crippen molar-refractivity contribution >= 4 is 8.41 Å². The van der Waals surface area contributed by atoms with Crippen molar-refractivity contribution in [1.29, 1.82) is 0 Å². The number of allylic oxidation sites excluding steroid dienone is 5. The standard InChI is InChI=1S/C15H22O.C3H8.B/c1-3-5-8-14(4-2)13-16-12-11-15-9-6-7-10-15;1-3-2;/h3-6,8-9,15H,2,7,10-13H2,1H3;3H2,1-2H3;/b5-3-,14-8+;;. The molecular formula is C18H30BO. The van der Waals surface area contributed by atoms with Gasteiger partial charge in [-0.05, 0) is 37.7 Å². The maximum atomic E-state index is 5.64. The van der Waals surface area contributed by atoms with Crippen molar-refractivity contribution in [2.45, 2.75) is 46.5 Å². The lowest BCUT2D eigenvalue weighted by molar-refractivity contribution is 0.146. The molecule has 0 spiro atoms. The van der Waals surface area contributed by atoms with Gasteiger partial charge in [-0.15, -0.1) is 0 Å². The average molecular weight is 273 g/mol. The van der Waals surface area contributed by atoms with Gasteiger partial charge in [0, 0.05) is 15.0 Å². The lowest BCUT2D eigenvalue weighted by Gasteiger charge is -2.08. The Morgan fingerprint density at radius 3 is 2.60 bits per heavy atom. The minimum absolute atomic E-state index is 0. The first kappa shape index (κ1) is 21.3. The van der Waals surface area contributed by atoms with Crippen molar-refractivity contribution in [3.8, 4) is 0 Å². The molecule has 0 saturated carbocycles. The molecule has 2 heteroatoms. The molecule has 0 heterocycles. The largest absolute Gasteiger partial charge is 0.377 e. The predicted octanol–water partition coefficient (Wildman–Crippen LogP) is 5.08. The van der Waals surface area contributed by atoms with Gasteiger partial charge in [-0.25, -0.2) is 0 Å². The smallest absolute Gasteiger partial charge is 0.0716 e. The second-order valence-corrected chi connectivity index (χ2v) is 4.79. The molecule has 0 fully saturated rings. The summed E-state index contributed by atoms with van der Waals surface area (Å²) < 4.78 is 5.64. The summed E-state index contributed by atoms with van der Waals surface area (Å²) in [5.41, 5.74) is 1.14. The van der Waals surface area contributed by atoms with Gasteiger partial charge in [0.05, 0.1) is 6.61 Å². The highest BCUT2D eigenvalue weighted by molar-refractivity contribution is 5.75. The van der Waals surface area contributed by atoms with E-state index in [1.54, 1.807) is 0 Å². The van der Waals surface area contributed by atoms with Gasteiger partial charge < -0.3 is 4.74 Å². The third-order valence-electron chi connectivity index (χ3n) is 2.78. The van der Waals surface area contributed by atoms with Crippen molar-refractivity contribution in [3.63, 3.8) is 0 Å². The zero-order valence-corrected chi connectivity index (χ0v) is 13.5. The molecule has 1 aliphatic rings. The average Bonchev–Trinajstić information content (AvgIpc) is 2.92. The lowest BCUT2D eigenvalue weighted by Crippen LogP contribution is -2.03. The monoisotopic (exact) mass is 273 g/mol. The number of ether oxygens (including phenoxy) is 1. The predicted molar refractivity (Wildman–Crippen MR) is 92.1 cm³/mol. The van der Waals surface area contributed by atoms with Gasteiger partial charge >= 0.3 is 0 Å². The Bertz CT molecular complexity index is 303. The summed E-state index contributed by atoms with van der Waals surface area (Å²) in [6, 6.07) is 0. The van der Waals surface area contributed by atoms with Crippen molar-refractivity contribution in [3.05, 3.63) is 48.6 Å². The molecule has 0 aliphatic heterocycles. The zero-order valence-electron chi connectivity index (χ0n) is 13.5. The molecule has 1 nitrogen and oxygen atoms in total. The van der Waals surface area contributed by atoms with Crippen LogP contribution in [-0.2, 0) is 4.74 Å². The van der Waals surface area contributed by atoms with Crippen LogP contribution in [0.5, 0.6) is 0 Å². The quantitative estimate of drug-likeness (QED) is 0.272. The van der Waals surface area contributed by atoms with E-state index < -0.39 is 0 Å². The number of hydrogen-bond acceptors (Lipinski definition) is 1. The van der Waals surface area contributed by atoms with Crippen molar-refractivity contribution in [2.24, 2.45) is 5.92 Å². The minimum Gasteiger partial charge on any atom is -0.377 e. The molecule has 0 aromatic rings. The summed E-state index contributed by atoms with van der Waals surface area (Å²) in [6.07, 6.45) is 17.4. The third kappa shape index (κ3) is 12.0. The summed E-state index contributed by atoms with van der Waals surface area (Å²) in [5.74, 6) is 0.742. The Balaban J connectivity index is 0. The molecule has 0 aromatic heterocycles. The van der Waals surface area contributed by atoms with Crippen LogP contribution in [-0.4, -0.2) is 21.6 Å². The van der Waals surface area contributed by atoms with Crippen LogP contribution in [0.15, 0.2) is 48.6 Å². The first-order chi connectivity index (χ1) is 9.28. The highest BCUT2D eigenvalue weighted by atomic mass is 16.5. The Hall–Kier alpha value is -1.02. The van der Waals surface area contributed by atoms with Crippen LogP contribution >= 0.6 is 0 Å². The van der Waals surface area contributed by atoms with Gasteiger partial charge in [0.15, 0.2) is 0 Å². The fourth-order valence-electron chi connectivity index (χ4n) is 1.76. The van der Waals surface area contributed by atoms with E-state index >= 15 is 0 Å².